The number of benzene rings is 1. The summed E-state index contributed by atoms with van der Waals surface area (Å²) in [6, 6.07) is 5.54. The van der Waals surface area contributed by atoms with Gasteiger partial charge in [0.05, 0.1) is 18.3 Å². The maximum Gasteiger partial charge on any atom is 0.216 e. The lowest BCUT2D eigenvalue weighted by Crippen LogP contribution is -2.46. The maximum absolute atomic E-state index is 15.0. The van der Waals surface area contributed by atoms with Crippen molar-refractivity contribution in [1.82, 2.24) is 15.2 Å². The number of aromatic nitrogens is 3. The molecule has 0 amide bonds. The summed E-state index contributed by atoms with van der Waals surface area (Å²) in [6.45, 7) is 0. The van der Waals surface area contributed by atoms with Gasteiger partial charge in [-0.3, -0.25) is 10.1 Å². The number of amidine groups is 1. The van der Waals surface area contributed by atoms with Gasteiger partial charge in [-0.2, -0.15) is 5.10 Å². The van der Waals surface area contributed by atoms with Crippen LogP contribution in [0, 0.1) is 17.6 Å². The molecule has 30 heavy (non-hydrogen) atoms. The number of H-pyrrole nitrogens is 1. The molecule has 0 saturated carbocycles. The quantitative estimate of drug-likeness (QED) is 0.669. The van der Waals surface area contributed by atoms with Crippen molar-refractivity contribution in [2.75, 3.05) is 12.9 Å². The van der Waals surface area contributed by atoms with Gasteiger partial charge in [0.1, 0.15) is 11.6 Å². The molecule has 0 bridgehead atoms. The number of ether oxygens (including phenoxy) is 1. The number of rotatable bonds is 3. The highest BCUT2D eigenvalue weighted by Crippen LogP contribution is 2.51. The lowest BCUT2D eigenvalue weighted by atomic mass is 9.67. The van der Waals surface area contributed by atoms with Gasteiger partial charge >= 0.3 is 0 Å². The van der Waals surface area contributed by atoms with Crippen molar-refractivity contribution in [2.45, 2.75) is 18.4 Å². The van der Waals surface area contributed by atoms with Gasteiger partial charge in [0, 0.05) is 53.2 Å². The van der Waals surface area contributed by atoms with E-state index in [4.69, 9.17) is 15.5 Å². The topological polar surface area (TPSA) is 89.2 Å². The van der Waals surface area contributed by atoms with E-state index in [0.717, 1.165) is 28.5 Å². The van der Waals surface area contributed by atoms with Crippen LogP contribution >= 0.6 is 11.8 Å². The smallest absolute Gasteiger partial charge is 0.216 e. The largest absolute Gasteiger partial charge is 0.481 e. The minimum atomic E-state index is -0.943. The Kier molecular flexibility index (Phi) is 4.50. The molecular weight excluding hydrogens is 408 g/mol. The molecule has 2 atom stereocenters. The van der Waals surface area contributed by atoms with Gasteiger partial charge in [-0.15, -0.1) is 0 Å². The minimum absolute atomic E-state index is 0.0314. The molecule has 0 radical (unpaired) electrons. The molecule has 5 rings (SSSR count). The van der Waals surface area contributed by atoms with E-state index in [1.165, 1.54) is 23.9 Å². The van der Waals surface area contributed by atoms with Crippen LogP contribution in [0.4, 0.5) is 8.78 Å². The number of nitrogens with zero attached hydrogens (tertiary/aromatic N) is 3. The second-order valence-corrected chi connectivity index (χ2v) is 8.54. The Bertz CT molecular complexity index is 1150. The van der Waals surface area contributed by atoms with Crippen LogP contribution in [0.25, 0.3) is 11.3 Å². The number of aliphatic imine (C=N–C) groups is 1. The van der Waals surface area contributed by atoms with E-state index in [0.29, 0.717) is 35.2 Å². The van der Waals surface area contributed by atoms with Crippen LogP contribution in [0.3, 0.4) is 0 Å². The summed E-state index contributed by atoms with van der Waals surface area (Å²) in [4.78, 5) is 9.23. The zero-order chi connectivity index (χ0) is 20.9. The molecule has 3 aromatic rings. The van der Waals surface area contributed by atoms with Crippen LogP contribution in [-0.4, -0.2) is 33.2 Å². The normalized spacial score (nSPS) is 22.8. The van der Waals surface area contributed by atoms with E-state index in [9.17, 15) is 8.78 Å². The molecular formula is C21H19F2N5OS. The van der Waals surface area contributed by atoms with Crippen molar-refractivity contribution in [3.63, 3.8) is 0 Å². The SMILES string of the molecule is COc1ncc(-c2ccn[nH]2)c2c1C[C@]1(c3ccc(F)cc3F)N=C(N)SC[C@@H]1C2. The fraction of sp³-hybridized carbons (Fsp3) is 0.286. The van der Waals surface area contributed by atoms with E-state index in [1.807, 2.05) is 6.07 Å². The van der Waals surface area contributed by atoms with Crippen molar-refractivity contribution in [3.05, 3.63) is 65.0 Å². The summed E-state index contributed by atoms with van der Waals surface area (Å²) in [5.41, 5.74) is 9.22. The third kappa shape index (κ3) is 2.87. The number of hydrogen-bond donors (Lipinski definition) is 2. The van der Waals surface area contributed by atoms with Crippen LogP contribution in [-0.2, 0) is 18.4 Å². The third-order valence-corrected chi connectivity index (χ3v) is 6.91. The molecule has 6 nitrogen and oxygen atoms in total. The maximum atomic E-state index is 15.0. The molecule has 0 saturated heterocycles. The second kappa shape index (κ2) is 7.09. The standard InChI is InChI=1S/C21H19F2N5OS/c1-29-19-14-8-21(16-3-2-12(22)7-17(16)23)11(10-30-20(24)27-21)6-13(14)15(9-25-19)18-4-5-26-28-18/h2-5,7,9,11H,6,8,10H2,1H3,(H2,24,27)(H,26,28)/t11-,21-/m0/s1. The van der Waals surface area contributed by atoms with Gasteiger partial charge in [-0.1, -0.05) is 17.8 Å². The molecule has 2 aromatic heterocycles. The van der Waals surface area contributed by atoms with Gasteiger partial charge in [0.2, 0.25) is 5.88 Å². The van der Waals surface area contributed by atoms with Crippen LogP contribution in [0.2, 0.25) is 0 Å². The molecule has 0 fully saturated rings. The van der Waals surface area contributed by atoms with Crippen LogP contribution in [0.15, 0.2) is 41.7 Å². The molecule has 154 valence electrons. The van der Waals surface area contributed by atoms with Crippen LogP contribution < -0.4 is 10.5 Å². The molecule has 3 heterocycles. The van der Waals surface area contributed by atoms with E-state index in [-0.39, 0.29) is 5.92 Å². The molecule has 1 aliphatic heterocycles. The summed E-state index contributed by atoms with van der Waals surface area (Å²) in [5.74, 6) is -0.123. The first-order valence-electron chi connectivity index (χ1n) is 9.50. The van der Waals surface area contributed by atoms with Crippen molar-refractivity contribution in [2.24, 2.45) is 16.6 Å². The molecule has 0 unspecified atom stereocenters. The summed E-state index contributed by atoms with van der Waals surface area (Å²) < 4.78 is 34.2. The number of fused-ring (bicyclic) bond motifs is 2. The molecule has 3 N–H and O–H groups in total. The first-order chi connectivity index (χ1) is 14.5. The van der Waals surface area contributed by atoms with Gasteiger partial charge in [-0.25, -0.2) is 13.8 Å². The first kappa shape index (κ1) is 19.0. The summed E-state index contributed by atoms with van der Waals surface area (Å²) in [6.07, 6.45) is 4.44. The monoisotopic (exact) mass is 427 g/mol. The Balaban J connectivity index is 1.74. The zero-order valence-corrected chi connectivity index (χ0v) is 17.0. The van der Waals surface area contributed by atoms with Gasteiger partial charge in [0.15, 0.2) is 5.17 Å². The third-order valence-electron chi connectivity index (χ3n) is 5.95. The highest BCUT2D eigenvalue weighted by Gasteiger charge is 2.49. The zero-order valence-electron chi connectivity index (χ0n) is 16.2. The van der Waals surface area contributed by atoms with E-state index < -0.39 is 17.2 Å². The number of hydrogen-bond acceptors (Lipinski definition) is 6. The van der Waals surface area contributed by atoms with E-state index in [2.05, 4.69) is 15.2 Å². The molecule has 1 aromatic carbocycles. The Morgan fingerprint density at radius 3 is 2.87 bits per heavy atom. The number of pyridine rings is 1. The average Bonchev–Trinajstić information content (AvgIpc) is 3.26. The number of thioether (sulfide) groups is 1. The van der Waals surface area contributed by atoms with E-state index >= 15 is 0 Å². The lowest BCUT2D eigenvalue weighted by Gasteiger charge is -2.45. The Morgan fingerprint density at radius 2 is 2.13 bits per heavy atom. The van der Waals surface area contributed by atoms with Crippen molar-refractivity contribution >= 4 is 16.9 Å². The fourth-order valence-corrected chi connectivity index (χ4v) is 5.58. The number of methoxy groups -OCH3 is 1. The predicted molar refractivity (Wildman–Crippen MR) is 111 cm³/mol. The lowest BCUT2D eigenvalue weighted by molar-refractivity contribution is 0.262. The van der Waals surface area contributed by atoms with E-state index in [1.54, 1.807) is 19.5 Å². The van der Waals surface area contributed by atoms with Gasteiger partial charge in [0.25, 0.3) is 0 Å². The fourth-order valence-electron chi connectivity index (χ4n) is 4.59. The molecule has 0 spiro atoms. The number of aromatic amines is 1. The predicted octanol–water partition coefficient (Wildman–Crippen LogP) is 3.43. The highest BCUT2D eigenvalue weighted by molar-refractivity contribution is 8.13. The Hall–Kier alpha value is -2.94. The highest BCUT2D eigenvalue weighted by atomic mass is 32.2. The Labute approximate surface area is 176 Å². The molecule has 9 heteroatoms. The number of nitrogens with one attached hydrogen (secondary N) is 1. The van der Waals surface area contributed by atoms with Crippen LogP contribution in [0.5, 0.6) is 5.88 Å². The summed E-state index contributed by atoms with van der Waals surface area (Å²) in [7, 11) is 1.56. The molecule has 1 aliphatic carbocycles. The number of nitrogens with two attached hydrogens (primary N) is 1. The second-order valence-electron chi connectivity index (χ2n) is 7.50. The summed E-state index contributed by atoms with van der Waals surface area (Å²) in [5, 5.41) is 7.44. The van der Waals surface area contributed by atoms with Crippen LogP contribution in [0.1, 0.15) is 16.7 Å². The average molecular weight is 427 g/mol. The summed E-state index contributed by atoms with van der Waals surface area (Å²) >= 11 is 1.46. The minimum Gasteiger partial charge on any atom is -0.481 e. The van der Waals surface area contributed by atoms with Crippen molar-refractivity contribution in [1.29, 1.82) is 0 Å². The first-order valence-corrected chi connectivity index (χ1v) is 10.5. The van der Waals surface area contributed by atoms with Crippen molar-refractivity contribution in [3.8, 4) is 17.1 Å². The van der Waals surface area contributed by atoms with Crippen molar-refractivity contribution < 1.29 is 13.5 Å². The number of halogens is 2. The molecule has 2 aliphatic rings. The van der Waals surface area contributed by atoms with Gasteiger partial charge in [-0.05, 0) is 24.1 Å². The Morgan fingerprint density at radius 1 is 1.27 bits per heavy atom. The van der Waals surface area contributed by atoms with Gasteiger partial charge < -0.3 is 10.5 Å².